The number of furan rings is 1. The van der Waals surface area contributed by atoms with Crippen LogP contribution in [0.4, 0.5) is 0 Å². The molecule has 7 nitrogen and oxygen atoms in total. The number of hydrogen-bond donors (Lipinski definition) is 1. The number of carbonyl (C=O) groups excluding carboxylic acids is 2. The van der Waals surface area contributed by atoms with Gasteiger partial charge in [0.2, 0.25) is 15.8 Å². The van der Waals surface area contributed by atoms with Crippen LogP contribution in [0, 0.1) is 13.8 Å². The van der Waals surface area contributed by atoms with Crippen LogP contribution < -0.4 is 4.72 Å². The maximum absolute atomic E-state index is 12.3. The van der Waals surface area contributed by atoms with Gasteiger partial charge in [0.25, 0.3) is 0 Å². The normalized spacial score (nSPS) is 11.6. The summed E-state index contributed by atoms with van der Waals surface area (Å²) in [7, 11) is -3.70. The van der Waals surface area contributed by atoms with Crippen molar-refractivity contribution in [2.45, 2.75) is 25.3 Å². The van der Waals surface area contributed by atoms with E-state index in [2.05, 4.69) is 4.72 Å². The van der Waals surface area contributed by atoms with Crippen LogP contribution in [-0.4, -0.2) is 26.8 Å². The summed E-state index contributed by atoms with van der Waals surface area (Å²) in [6.07, 6.45) is 4.14. The molecule has 3 rings (SSSR count). The Bertz CT molecular complexity index is 1230. The fourth-order valence-electron chi connectivity index (χ4n) is 2.88. The van der Waals surface area contributed by atoms with Gasteiger partial charge in [-0.15, -0.1) is 0 Å². The molecule has 0 spiro atoms. The second-order valence-corrected chi connectivity index (χ2v) is 8.92. The Balaban J connectivity index is 1.54. The first-order valence-electron chi connectivity index (χ1n) is 9.82. The van der Waals surface area contributed by atoms with Gasteiger partial charge in [-0.1, -0.05) is 29.8 Å². The van der Waals surface area contributed by atoms with Crippen molar-refractivity contribution in [3.8, 4) is 0 Å². The predicted octanol–water partition coefficient (Wildman–Crippen LogP) is 3.81. The van der Waals surface area contributed by atoms with E-state index in [0.29, 0.717) is 16.9 Å². The van der Waals surface area contributed by atoms with Gasteiger partial charge in [-0.25, -0.2) is 17.9 Å². The molecule has 0 aliphatic carbocycles. The predicted molar refractivity (Wildman–Crippen MR) is 119 cm³/mol. The van der Waals surface area contributed by atoms with Gasteiger partial charge in [0.05, 0.1) is 17.7 Å². The zero-order valence-electron chi connectivity index (χ0n) is 17.7. The number of Topliss-reactive ketones (excluding diaryl/α,β-unsaturated/α-hetero) is 1. The summed E-state index contributed by atoms with van der Waals surface area (Å²) in [5.74, 6) is -0.437. The Kier molecular flexibility index (Phi) is 7.40. The van der Waals surface area contributed by atoms with Gasteiger partial charge < -0.3 is 9.15 Å². The lowest BCUT2D eigenvalue weighted by molar-refractivity contribution is -0.136. The van der Waals surface area contributed by atoms with Crippen molar-refractivity contribution >= 4 is 27.9 Å². The lowest BCUT2D eigenvalue weighted by Crippen LogP contribution is -2.22. The van der Waals surface area contributed by atoms with Crippen LogP contribution in [0.1, 0.15) is 32.8 Å². The first kappa shape index (κ1) is 23.2. The third kappa shape index (κ3) is 6.26. The highest BCUT2D eigenvalue weighted by Crippen LogP contribution is 2.14. The molecule has 0 bridgehead atoms. The van der Waals surface area contributed by atoms with Crippen LogP contribution in [0.2, 0.25) is 0 Å². The fourth-order valence-corrected chi connectivity index (χ4v) is 3.88. The number of sulfonamides is 1. The molecule has 0 fully saturated rings. The van der Waals surface area contributed by atoms with Crippen molar-refractivity contribution in [1.29, 1.82) is 0 Å². The van der Waals surface area contributed by atoms with E-state index in [-0.39, 0.29) is 23.8 Å². The molecule has 8 heteroatoms. The molecule has 0 unspecified atom stereocenters. The van der Waals surface area contributed by atoms with Crippen molar-refractivity contribution in [3.05, 3.63) is 95.0 Å². The number of carbonyl (C=O) groups is 2. The van der Waals surface area contributed by atoms with E-state index in [4.69, 9.17) is 9.15 Å². The molecule has 1 aromatic heterocycles. The highest BCUT2D eigenvalue weighted by atomic mass is 32.2. The highest BCUT2D eigenvalue weighted by Gasteiger charge is 2.14. The molecule has 2 aromatic carbocycles. The van der Waals surface area contributed by atoms with Crippen molar-refractivity contribution in [2.75, 3.05) is 6.61 Å². The Morgan fingerprint density at radius 1 is 1.06 bits per heavy atom. The second-order valence-electron chi connectivity index (χ2n) is 7.16. The van der Waals surface area contributed by atoms with Crippen LogP contribution in [0.15, 0.2) is 76.2 Å². The van der Waals surface area contributed by atoms with Crippen molar-refractivity contribution < 1.29 is 27.2 Å². The van der Waals surface area contributed by atoms with E-state index in [0.717, 1.165) is 11.1 Å². The number of rotatable bonds is 9. The molecule has 1 N–H and O–H groups in total. The van der Waals surface area contributed by atoms with Gasteiger partial charge in [-0.2, -0.15) is 0 Å². The molecular weight excluding hydrogens is 430 g/mol. The minimum absolute atomic E-state index is 0.0453. The molecule has 3 aromatic rings. The van der Waals surface area contributed by atoms with E-state index in [1.54, 1.807) is 30.3 Å². The molecular formula is C24H23NO6S. The molecule has 0 aliphatic rings. The van der Waals surface area contributed by atoms with E-state index in [9.17, 15) is 18.0 Å². The summed E-state index contributed by atoms with van der Waals surface area (Å²) in [4.78, 5) is 24.3. The fraction of sp³-hybridized carbons (Fsp3) is 0.167. The molecule has 1 heterocycles. The van der Waals surface area contributed by atoms with Gasteiger partial charge in [0, 0.05) is 11.6 Å². The Morgan fingerprint density at radius 2 is 1.81 bits per heavy atom. The maximum atomic E-state index is 12.3. The van der Waals surface area contributed by atoms with Crippen LogP contribution >= 0.6 is 0 Å². The van der Waals surface area contributed by atoms with E-state index < -0.39 is 16.0 Å². The second kappa shape index (κ2) is 10.2. The van der Waals surface area contributed by atoms with E-state index in [1.807, 2.05) is 26.0 Å². The number of aryl methyl sites for hydroxylation is 2. The van der Waals surface area contributed by atoms with Crippen LogP contribution in [-0.2, 0) is 26.1 Å². The summed E-state index contributed by atoms with van der Waals surface area (Å²) >= 11 is 0. The Morgan fingerprint density at radius 3 is 2.50 bits per heavy atom. The first-order chi connectivity index (χ1) is 15.2. The number of esters is 1. The van der Waals surface area contributed by atoms with Crippen LogP contribution in [0.25, 0.3) is 6.08 Å². The lowest BCUT2D eigenvalue weighted by atomic mass is 10.0. The van der Waals surface area contributed by atoms with Crippen molar-refractivity contribution in [1.82, 2.24) is 4.72 Å². The summed E-state index contributed by atoms with van der Waals surface area (Å²) < 4.78 is 37.3. The Hall–Kier alpha value is -3.49. The highest BCUT2D eigenvalue weighted by molar-refractivity contribution is 7.89. The average molecular weight is 454 g/mol. The average Bonchev–Trinajstić information content (AvgIpc) is 3.30. The standard InChI is InChI=1S/C24H23NO6S/c1-17-5-6-18(2)22(14-17)23(26)16-31-24(27)12-9-19-7-10-21(11-8-19)32(28,29)25-15-20-4-3-13-30-20/h3-14,25H,15-16H2,1-2H3/b12-9+. The number of hydrogen-bond acceptors (Lipinski definition) is 6. The van der Waals surface area contributed by atoms with Crippen LogP contribution in [0.5, 0.6) is 0 Å². The first-order valence-corrected chi connectivity index (χ1v) is 11.3. The van der Waals surface area contributed by atoms with Gasteiger partial charge in [-0.3, -0.25) is 4.79 Å². The minimum atomic E-state index is -3.70. The molecule has 0 saturated heterocycles. The molecule has 166 valence electrons. The van der Waals surface area contributed by atoms with E-state index in [1.165, 1.54) is 30.5 Å². The lowest BCUT2D eigenvalue weighted by Gasteiger charge is -2.06. The van der Waals surface area contributed by atoms with E-state index >= 15 is 0 Å². The number of ketones is 1. The van der Waals surface area contributed by atoms with Gasteiger partial charge in [0.15, 0.2) is 6.61 Å². The molecule has 0 radical (unpaired) electrons. The van der Waals surface area contributed by atoms with Crippen LogP contribution in [0.3, 0.4) is 0 Å². The number of nitrogens with one attached hydrogen (secondary N) is 1. The molecule has 0 saturated carbocycles. The molecule has 0 amide bonds. The quantitative estimate of drug-likeness (QED) is 0.300. The third-order valence-electron chi connectivity index (χ3n) is 4.66. The van der Waals surface area contributed by atoms with Gasteiger partial charge in [-0.05, 0) is 61.4 Å². The monoisotopic (exact) mass is 453 g/mol. The number of benzene rings is 2. The zero-order chi connectivity index (χ0) is 23.1. The minimum Gasteiger partial charge on any atom is -0.468 e. The van der Waals surface area contributed by atoms with Crippen molar-refractivity contribution in [2.24, 2.45) is 0 Å². The summed E-state index contributed by atoms with van der Waals surface area (Å²) in [5.41, 5.74) is 2.90. The zero-order valence-corrected chi connectivity index (χ0v) is 18.5. The van der Waals surface area contributed by atoms with Crippen molar-refractivity contribution in [3.63, 3.8) is 0 Å². The maximum Gasteiger partial charge on any atom is 0.331 e. The SMILES string of the molecule is Cc1ccc(C)c(C(=O)COC(=O)/C=C/c2ccc(S(=O)(=O)NCc3ccco3)cc2)c1. The summed E-state index contributed by atoms with van der Waals surface area (Å²) in [5, 5.41) is 0. The smallest absolute Gasteiger partial charge is 0.331 e. The van der Waals surface area contributed by atoms with Gasteiger partial charge >= 0.3 is 5.97 Å². The summed E-state index contributed by atoms with van der Waals surface area (Å²) in [6.45, 7) is 3.40. The molecule has 0 aliphatic heterocycles. The Labute approximate surface area is 186 Å². The summed E-state index contributed by atoms with van der Waals surface area (Å²) in [6, 6.07) is 14.9. The number of ether oxygens (including phenoxy) is 1. The topological polar surface area (TPSA) is 103 Å². The molecule has 0 atom stereocenters. The molecule has 32 heavy (non-hydrogen) atoms. The largest absolute Gasteiger partial charge is 0.468 e. The van der Waals surface area contributed by atoms with Gasteiger partial charge in [0.1, 0.15) is 5.76 Å². The third-order valence-corrected chi connectivity index (χ3v) is 6.07.